The molecule has 0 saturated heterocycles. The molecule has 0 radical (unpaired) electrons. The van der Waals surface area contributed by atoms with Gasteiger partial charge in [0.25, 0.3) is 0 Å². The van der Waals surface area contributed by atoms with Crippen LogP contribution in [0.25, 0.3) is 10.9 Å². The molecular weight excluding hydrogens is 382 g/mol. The molecule has 3 rings (SSSR count). The summed E-state index contributed by atoms with van der Waals surface area (Å²) in [5.41, 5.74) is 8.30. The van der Waals surface area contributed by atoms with E-state index < -0.39 is 0 Å². The molecule has 0 unspecified atom stereocenters. The minimum Gasteiger partial charge on any atom is -0.330 e. The van der Waals surface area contributed by atoms with Crippen molar-refractivity contribution in [2.24, 2.45) is 5.73 Å². The van der Waals surface area contributed by atoms with Crippen molar-refractivity contribution in [3.8, 4) is 0 Å². The van der Waals surface area contributed by atoms with Gasteiger partial charge in [-0.3, -0.25) is 9.36 Å². The van der Waals surface area contributed by atoms with Crippen LogP contribution < -0.4 is 5.73 Å². The number of halogens is 1. The van der Waals surface area contributed by atoms with E-state index in [1.165, 1.54) is 9.47 Å². The van der Waals surface area contributed by atoms with Crippen LogP contribution >= 0.6 is 15.9 Å². The molecule has 1 heterocycles. The van der Waals surface area contributed by atoms with Gasteiger partial charge in [-0.05, 0) is 17.7 Å². The number of hydrogen-bond donors (Lipinski definition) is 1. The number of hydrogen-bond acceptors (Lipinski definition) is 3. The number of fused-ring (bicyclic) bond motifs is 1. The number of amides is 1. The molecule has 3 aromatic rings. The van der Waals surface area contributed by atoms with Crippen LogP contribution in [0.5, 0.6) is 0 Å². The van der Waals surface area contributed by atoms with Crippen molar-refractivity contribution in [1.29, 1.82) is 0 Å². The van der Waals surface area contributed by atoms with E-state index >= 15 is 0 Å². The maximum atomic E-state index is 13.0. The van der Waals surface area contributed by atoms with Gasteiger partial charge in [-0.25, -0.2) is 4.79 Å². The zero-order chi connectivity index (χ0) is 18.1. The molecule has 0 fully saturated rings. The van der Waals surface area contributed by atoms with Gasteiger partial charge in [-0.2, -0.15) is 0 Å². The first kappa shape index (κ1) is 17.4. The number of nitrogens with two attached hydrogens (primary N) is 1. The summed E-state index contributed by atoms with van der Waals surface area (Å²) in [4.78, 5) is 27.0. The molecule has 25 heavy (non-hydrogen) atoms. The van der Waals surface area contributed by atoms with Crippen molar-refractivity contribution in [3.05, 3.63) is 69.8 Å². The monoisotopic (exact) mass is 399 g/mol. The summed E-state index contributed by atoms with van der Waals surface area (Å²) in [6, 6.07) is 12.5. The first-order valence-electron chi connectivity index (χ1n) is 7.79. The van der Waals surface area contributed by atoms with Crippen molar-refractivity contribution in [1.82, 2.24) is 9.47 Å². The Morgan fingerprint density at radius 3 is 2.40 bits per heavy atom. The Bertz CT molecular complexity index is 959. The van der Waals surface area contributed by atoms with Gasteiger partial charge >= 0.3 is 6.03 Å². The van der Waals surface area contributed by atoms with Gasteiger partial charge in [0.1, 0.15) is 0 Å². The molecule has 2 aromatic carbocycles. The quantitative estimate of drug-likeness (QED) is 0.683. The highest BCUT2D eigenvalue weighted by atomic mass is 79.9. The molecule has 6 heteroatoms. The molecule has 0 spiro atoms. The van der Waals surface area contributed by atoms with Gasteiger partial charge < -0.3 is 10.6 Å². The molecule has 0 aliphatic heterocycles. The zero-order valence-electron chi connectivity index (χ0n) is 14.0. The minimum absolute atomic E-state index is 0.134. The van der Waals surface area contributed by atoms with Gasteiger partial charge in [-0.15, -0.1) is 0 Å². The highest BCUT2D eigenvalue weighted by Crippen LogP contribution is 2.31. The lowest BCUT2D eigenvalue weighted by atomic mass is 10.0. The van der Waals surface area contributed by atoms with Crippen LogP contribution in [-0.4, -0.2) is 35.4 Å². The zero-order valence-corrected chi connectivity index (χ0v) is 15.6. The number of benzene rings is 2. The first-order chi connectivity index (χ1) is 11.9. The number of ketones is 1. The van der Waals surface area contributed by atoms with Crippen molar-refractivity contribution in [2.45, 2.75) is 6.54 Å². The maximum absolute atomic E-state index is 13.0. The lowest BCUT2D eigenvalue weighted by molar-refractivity contribution is 0.104. The summed E-state index contributed by atoms with van der Waals surface area (Å²) in [5.74, 6) is -0.134. The van der Waals surface area contributed by atoms with E-state index in [4.69, 9.17) is 5.73 Å². The van der Waals surface area contributed by atoms with E-state index in [1.54, 1.807) is 32.4 Å². The Hall–Kier alpha value is -2.44. The van der Waals surface area contributed by atoms with E-state index in [0.29, 0.717) is 23.2 Å². The van der Waals surface area contributed by atoms with E-state index in [2.05, 4.69) is 15.9 Å². The Morgan fingerprint density at radius 2 is 1.80 bits per heavy atom. The maximum Gasteiger partial charge on any atom is 0.328 e. The molecule has 128 valence electrons. The largest absolute Gasteiger partial charge is 0.330 e. The molecular formula is C19H18BrN3O2. The molecule has 1 amide bonds. The second kappa shape index (κ2) is 6.82. The fourth-order valence-electron chi connectivity index (χ4n) is 2.74. The van der Waals surface area contributed by atoms with Gasteiger partial charge in [0.15, 0.2) is 5.78 Å². The normalized spacial score (nSPS) is 10.9. The Labute approximate surface area is 154 Å². The van der Waals surface area contributed by atoms with Crippen LogP contribution in [0, 0.1) is 0 Å². The summed E-state index contributed by atoms with van der Waals surface area (Å²) in [7, 11) is 3.36. The van der Waals surface area contributed by atoms with Gasteiger partial charge in [0.2, 0.25) is 0 Å². The number of rotatable bonds is 3. The standard InChI is InChI=1S/C19H18BrN3O2/c1-22(2)19(25)23-11-14(17-15(20)4-3-5-16(17)23)18(24)13-8-6-12(10-21)7-9-13/h3-9,11H,10,21H2,1-2H3. The number of carbonyl (C=O) groups excluding carboxylic acids is 2. The minimum atomic E-state index is -0.208. The fourth-order valence-corrected chi connectivity index (χ4v) is 3.31. The van der Waals surface area contributed by atoms with E-state index in [0.717, 1.165) is 15.4 Å². The third kappa shape index (κ3) is 3.10. The second-order valence-electron chi connectivity index (χ2n) is 5.95. The Balaban J connectivity index is 2.18. The SMILES string of the molecule is CN(C)C(=O)n1cc(C(=O)c2ccc(CN)cc2)c2c(Br)cccc21. The van der Waals surface area contributed by atoms with Gasteiger partial charge in [0.05, 0.1) is 5.52 Å². The smallest absolute Gasteiger partial charge is 0.328 e. The first-order valence-corrected chi connectivity index (χ1v) is 8.58. The molecule has 0 aliphatic rings. The molecule has 2 N–H and O–H groups in total. The van der Waals surface area contributed by atoms with Crippen LogP contribution in [0.3, 0.4) is 0 Å². The molecule has 0 bridgehead atoms. The van der Waals surface area contributed by atoms with Crippen LogP contribution in [0.2, 0.25) is 0 Å². The predicted octanol–water partition coefficient (Wildman–Crippen LogP) is 3.62. The van der Waals surface area contributed by atoms with E-state index in [-0.39, 0.29) is 11.8 Å². The van der Waals surface area contributed by atoms with Gasteiger partial charge in [0, 0.05) is 47.8 Å². The molecule has 1 aromatic heterocycles. The summed E-state index contributed by atoms with van der Waals surface area (Å²) in [5, 5.41) is 0.727. The summed E-state index contributed by atoms with van der Waals surface area (Å²) in [6.07, 6.45) is 1.61. The van der Waals surface area contributed by atoms with Crippen molar-refractivity contribution < 1.29 is 9.59 Å². The number of nitrogens with zero attached hydrogens (tertiary/aromatic N) is 2. The fraction of sp³-hybridized carbons (Fsp3) is 0.158. The molecule has 0 saturated carbocycles. The second-order valence-corrected chi connectivity index (χ2v) is 6.81. The summed E-state index contributed by atoms with van der Waals surface area (Å²) < 4.78 is 2.28. The van der Waals surface area contributed by atoms with Crippen LogP contribution in [-0.2, 0) is 6.54 Å². The lowest BCUT2D eigenvalue weighted by Gasteiger charge is -2.11. The average Bonchev–Trinajstić information content (AvgIpc) is 3.01. The predicted molar refractivity (Wildman–Crippen MR) is 102 cm³/mol. The third-order valence-corrected chi connectivity index (χ3v) is 4.72. The lowest BCUT2D eigenvalue weighted by Crippen LogP contribution is -2.26. The average molecular weight is 400 g/mol. The van der Waals surface area contributed by atoms with E-state index in [1.807, 2.05) is 30.3 Å². The van der Waals surface area contributed by atoms with Crippen molar-refractivity contribution >= 4 is 38.6 Å². The molecule has 5 nitrogen and oxygen atoms in total. The highest BCUT2D eigenvalue weighted by molar-refractivity contribution is 9.10. The molecule has 0 atom stereocenters. The van der Waals surface area contributed by atoms with E-state index in [9.17, 15) is 9.59 Å². The Morgan fingerprint density at radius 1 is 1.12 bits per heavy atom. The third-order valence-electron chi connectivity index (χ3n) is 4.06. The topological polar surface area (TPSA) is 68.3 Å². The highest BCUT2D eigenvalue weighted by Gasteiger charge is 2.21. The van der Waals surface area contributed by atoms with Gasteiger partial charge in [-0.1, -0.05) is 46.3 Å². The van der Waals surface area contributed by atoms with Crippen molar-refractivity contribution in [3.63, 3.8) is 0 Å². The van der Waals surface area contributed by atoms with Crippen LogP contribution in [0.4, 0.5) is 4.79 Å². The Kier molecular flexibility index (Phi) is 4.74. The number of carbonyl (C=O) groups is 2. The summed E-state index contributed by atoms with van der Waals surface area (Å²) >= 11 is 3.50. The van der Waals surface area contributed by atoms with Crippen LogP contribution in [0.1, 0.15) is 21.5 Å². The summed E-state index contributed by atoms with van der Waals surface area (Å²) in [6.45, 7) is 0.427. The van der Waals surface area contributed by atoms with Crippen molar-refractivity contribution in [2.75, 3.05) is 14.1 Å². The van der Waals surface area contributed by atoms with Crippen LogP contribution in [0.15, 0.2) is 53.1 Å². The number of aromatic nitrogens is 1. The molecule has 0 aliphatic carbocycles.